The summed E-state index contributed by atoms with van der Waals surface area (Å²) in [5.41, 5.74) is 4.51. The highest BCUT2D eigenvalue weighted by atomic mass is 35.5. The molecule has 28 heavy (non-hydrogen) atoms. The lowest BCUT2D eigenvalue weighted by Crippen LogP contribution is -2.02. The maximum Gasteiger partial charge on any atom is 0.134 e. The molecule has 0 amide bonds. The fourth-order valence-corrected chi connectivity index (χ4v) is 3.58. The Balaban J connectivity index is 1.76. The average molecular weight is 404 g/mol. The molecule has 0 saturated carbocycles. The topological polar surface area (TPSA) is 41.6 Å². The van der Waals surface area contributed by atoms with E-state index in [9.17, 15) is 0 Å². The van der Waals surface area contributed by atoms with Crippen molar-refractivity contribution in [3.8, 4) is 6.07 Å². The molecule has 136 valence electrons. The van der Waals surface area contributed by atoms with Gasteiger partial charge in [0.15, 0.2) is 0 Å². The summed E-state index contributed by atoms with van der Waals surface area (Å²) in [7, 11) is 0. The molecule has 0 atom stereocenters. The van der Waals surface area contributed by atoms with E-state index >= 15 is 0 Å². The highest BCUT2D eigenvalue weighted by Gasteiger charge is 2.09. The van der Waals surface area contributed by atoms with Gasteiger partial charge in [-0.2, -0.15) is 5.26 Å². The fraction of sp³-hybridized carbons (Fsp3) is 0.0435. The third kappa shape index (κ3) is 3.80. The van der Waals surface area contributed by atoms with Gasteiger partial charge in [0.2, 0.25) is 0 Å². The first-order chi connectivity index (χ1) is 13.6. The van der Waals surface area contributed by atoms with E-state index in [1.807, 2.05) is 66.7 Å². The molecule has 0 bridgehead atoms. The maximum absolute atomic E-state index is 9.17. The van der Waals surface area contributed by atoms with Gasteiger partial charge in [-0.3, -0.25) is 0 Å². The molecule has 0 N–H and O–H groups in total. The summed E-state index contributed by atoms with van der Waals surface area (Å²) in [6.45, 7) is 0.615. The Kier molecular flexibility index (Phi) is 5.16. The largest absolute Gasteiger partial charge is 0.320 e. The monoisotopic (exact) mass is 403 g/mol. The second-order valence-corrected chi connectivity index (χ2v) is 7.20. The number of imidazole rings is 1. The first-order valence-corrected chi connectivity index (χ1v) is 9.47. The van der Waals surface area contributed by atoms with Crippen molar-refractivity contribution in [2.75, 3.05) is 0 Å². The first-order valence-electron chi connectivity index (χ1n) is 8.71. The number of benzene rings is 3. The lowest BCUT2D eigenvalue weighted by Gasteiger charge is -2.08. The second kappa shape index (κ2) is 7.90. The molecule has 4 aromatic rings. The lowest BCUT2D eigenvalue weighted by atomic mass is 10.1. The minimum atomic E-state index is 0.591. The maximum atomic E-state index is 9.17. The number of para-hydroxylation sites is 2. The smallest absolute Gasteiger partial charge is 0.134 e. The van der Waals surface area contributed by atoms with Gasteiger partial charge in [0.25, 0.3) is 0 Å². The zero-order chi connectivity index (χ0) is 19.5. The number of hydrogen-bond donors (Lipinski definition) is 0. The van der Waals surface area contributed by atoms with Gasteiger partial charge in [0.1, 0.15) is 5.82 Å². The lowest BCUT2D eigenvalue weighted by molar-refractivity contribution is 0.813. The van der Waals surface area contributed by atoms with E-state index in [0.29, 0.717) is 22.2 Å². The number of nitriles is 1. The molecule has 1 aromatic heterocycles. The van der Waals surface area contributed by atoms with E-state index in [4.69, 9.17) is 33.4 Å². The van der Waals surface area contributed by atoms with Crippen LogP contribution >= 0.6 is 23.2 Å². The minimum absolute atomic E-state index is 0.591. The molecule has 0 spiro atoms. The van der Waals surface area contributed by atoms with Gasteiger partial charge < -0.3 is 4.57 Å². The summed E-state index contributed by atoms with van der Waals surface area (Å²) in [6, 6.07) is 23.2. The Morgan fingerprint density at radius 2 is 1.82 bits per heavy atom. The van der Waals surface area contributed by atoms with Crippen molar-refractivity contribution in [3.05, 3.63) is 99.3 Å². The van der Waals surface area contributed by atoms with Crippen LogP contribution in [0.15, 0.2) is 66.7 Å². The zero-order valence-electron chi connectivity index (χ0n) is 14.8. The minimum Gasteiger partial charge on any atom is -0.320 e. The number of rotatable bonds is 4. The predicted molar refractivity (Wildman–Crippen MR) is 115 cm³/mol. The van der Waals surface area contributed by atoms with Crippen molar-refractivity contribution >= 4 is 46.4 Å². The Hall–Kier alpha value is -3.06. The van der Waals surface area contributed by atoms with E-state index in [1.54, 1.807) is 12.1 Å². The molecule has 3 aromatic carbocycles. The van der Waals surface area contributed by atoms with Crippen LogP contribution in [0.2, 0.25) is 10.0 Å². The number of fused-ring (bicyclic) bond motifs is 1. The van der Waals surface area contributed by atoms with Crippen molar-refractivity contribution < 1.29 is 0 Å². The van der Waals surface area contributed by atoms with Crippen LogP contribution in [0.5, 0.6) is 0 Å². The highest BCUT2D eigenvalue weighted by molar-refractivity contribution is 6.35. The van der Waals surface area contributed by atoms with Crippen molar-refractivity contribution in [2.24, 2.45) is 0 Å². The standard InChI is InChI=1S/C23H15Cl2N3/c24-19-10-8-18(20(25)13-19)9-11-23-27-21-6-1-2-7-22(21)28(23)15-17-5-3-4-16(12-17)14-26/h1-13H,15H2. The summed E-state index contributed by atoms with van der Waals surface area (Å²) in [6.07, 6.45) is 3.88. The van der Waals surface area contributed by atoms with Gasteiger partial charge in [0, 0.05) is 16.6 Å². The molecular formula is C23H15Cl2N3. The van der Waals surface area contributed by atoms with E-state index < -0.39 is 0 Å². The molecule has 5 heteroatoms. The van der Waals surface area contributed by atoms with Crippen LogP contribution in [0.1, 0.15) is 22.5 Å². The summed E-state index contributed by atoms with van der Waals surface area (Å²) >= 11 is 12.3. The number of halogens is 2. The summed E-state index contributed by atoms with van der Waals surface area (Å²) in [4.78, 5) is 4.76. The van der Waals surface area contributed by atoms with Crippen LogP contribution in [0.3, 0.4) is 0 Å². The highest BCUT2D eigenvalue weighted by Crippen LogP contribution is 2.24. The summed E-state index contributed by atoms with van der Waals surface area (Å²) in [5, 5.41) is 10.4. The van der Waals surface area contributed by atoms with Crippen molar-refractivity contribution in [3.63, 3.8) is 0 Å². The van der Waals surface area contributed by atoms with E-state index in [-0.39, 0.29) is 0 Å². The van der Waals surface area contributed by atoms with Gasteiger partial charge in [-0.15, -0.1) is 0 Å². The summed E-state index contributed by atoms with van der Waals surface area (Å²) in [5.74, 6) is 0.814. The van der Waals surface area contributed by atoms with Gasteiger partial charge in [-0.1, -0.05) is 53.5 Å². The third-order valence-electron chi connectivity index (χ3n) is 4.46. The van der Waals surface area contributed by atoms with Crippen molar-refractivity contribution in [2.45, 2.75) is 6.54 Å². The second-order valence-electron chi connectivity index (χ2n) is 6.36. The molecule has 4 rings (SSSR count). The van der Waals surface area contributed by atoms with Crippen LogP contribution in [0.25, 0.3) is 23.2 Å². The SMILES string of the molecule is N#Cc1cccc(Cn2c(C=Cc3ccc(Cl)cc3Cl)nc3ccccc32)c1. The zero-order valence-corrected chi connectivity index (χ0v) is 16.3. The molecular weight excluding hydrogens is 389 g/mol. The quantitative estimate of drug-likeness (QED) is 0.393. The van der Waals surface area contributed by atoms with Crippen LogP contribution in [0.4, 0.5) is 0 Å². The number of aromatic nitrogens is 2. The van der Waals surface area contributed by atoms with Gasteiger partial charge >= 0.3 is 0 Å². The molecule has 0 unspecified atom stereocenters. The van der Waals surface area contributed by atoms with Crippen LogP contribution < -0.4 is 0 Å². The van der Waals surface area contributed by atoms with Crippen LogP contribution in [0, 0.1) is 11.3 Å². The number of hydrogen-bond acceptors (Lipinski definition) is 2. The average Bonchev–Trinajstić information content (AvgIpc) is 3.05. The molecule has 0 aliphatic rings. The molecule has 0 saturated heterocycles. The first kappa shape index (κ1) is 18.3. The molecule has 0 aliphatic heterocycles. The Morgan fingerprint density at radius 3 is 2.64 bits per heavy atom. The number of nitrogens with zero attached hydrogens (tertiary/aromatic N) is 3. The van der Waals surface area contributed by atoms with E-state index in [1.165, 1.54) is 0 Å². The van der Waals surface area contributed by atoms with E-state index in [0.717, 1.165) is 28.0 Å². The molecule has 0 radical (unpaired) electrons. The predicted octanol–water partition coefficient (Wildman–Crippen LogP) is 6.43. The van der Waals surface area contributed by atoms with Crippen molar-refractivity contribution in [1.29, 1.82) is 5.26 Å². The Bertz CT molecular complexity index is 1230. The summed E-state index contributed by atoms with van der Waals surface area (Å²) < 4.78 is 2.13. The van der Waals surface area contributed by atoms with E-state index in [2.05, 4.69) is 10.6 Å². The normalized spacial score (nSPS) is 11.2. The molecule has 3 nitrogen and oxygen atoms in total. The molecule has 1 heterocycles. The van der Waals surface area contributed by atoms with Crippen molar-refractivity contribution in [1.82, 2.24) is 9.55 Å². The third-order valence-corrected chi connectivity index (χ3v) is 5.02. The van der Waals surface area contributed by atoms with Crippen LogP contribution in [-0.4, -0.2) is 9.55 Å². The van der Waals surface area contributed by atoms with Gasteiger partial charge in [-0.25, -0.2) is 4.98 Å². The van der Waals surface area contributed by atoms with Gasteiger partial charge in [-0.05, 0) is 59.7 Å². The van der Waals surface area contributed by atoms with Crippen LogP contribution in [-0.2, 0) is 6.54 Å². The van der Waals surface area contributed by atoms with Gasteiger partial charge in [0.05, 0.1) is 22.7 Å². The molecule has 0 fully saturated rings. The fourth-order valence-electron chi connectivity index (χ4n) is 3.11. The molecule has 0 aliphatic carbocycles. The Morgan fingerprint density at radius 1 is 0.964 bits per heavy atom. The Labute approximate surface area is 173 Å².